The molecule has 0 saturated heterocycles. The minimum atomic E-state index is -0.166. The van der Waals surface area contributed by atoms with Crippen LogP contribution < -0.4 is 5.32 Å². The lowest BCUT2D eigenvalue weighted by atomic mass is 10.0. The first-order valence-electron chi connectivity index (χ1n) is 4.84. The maximum Gasteiger partial charge on any atom is 0.128 e. The Morgan fingerprint density at radius 3 is 2.79 bits per heavy atom. The molecule has 3 heteroatoms. The Bertz CT molecular complexity index is 336. The molecule has 1 saturated carbocycles. The molecule has 76 valence electrons. The van der Waals surface area contributed by atoms with Gasteiger partial charge in [-0.25, -0.2) is 4.39 Å². The largest absolute Gasteiger partial charge is 0.313 e. The van der Waals surface area contributed by atoms with Crippen LogP contribution in [-0.4, -0.2) is 7.05 Å². The molecule has 1 aromatic carbocycles. The highest BCUT2D eigenvalue weighted by molar-refractivity contribution is 6.30. The fourth-order valence-electron chi connectivity index (χ4n) is 1.83. The molecule has 0 aromatic heterocycles. The topological polar surface area (TPSA) is 12.0 Å². The predicted octanol–water partition coefficient (Wildman–Crippen LogP) is 3.15. The van der Waals surface area contributed by atoms with Crippen molar-refractivity contribution in [3.05, 3.63) is 34.6 Å². The van der Waals surface area contributed by atoms with Crippen LogP contribution in [0.2, 0.25) is 5.02 Å². The minimum absolute atomic E-state index is 0.119. The van der Waals surface area contributed by atoms with Crippen LogP contribution in [0.5, 0.6) is 0 Å². The highest BCUT2D eigenvalue weighted by Crippen LogP contribution is 2.41. The molecular formula is C11H13ClFN. The van der Waals surface area contributed by atoms with E-state index >= 15 is 0 Å². The molecule has 0 radical (unpaired) electrons. The standard InChI is InChI=1S/C11H13ClFN/c1-14-11(7-2-3-7)9-6-8(12)4-5-10(9)13/h4-7,11,14H,2-3H2,1H3. The molecule has 0 bridgehead atoms. The quantitative estimate of drug-likeness (QED) is 0.814. The van der Waals surface area contributed by atoms with Gasteiger partial charge in [0.05, 0.1) is 0 Å². The summed E-state index contributed by atoms with van der Waals surface area (Å²) in [6, 6.07) is 4.86. The maximum absolute atomic E-state index is 13.5. The number of rotatable bonds is 3. The van der Waals surface area contributed by atoms with Gasteiger partial charge in [0.2, 0.25) is 0 Å². The van der Waals surface area contributed by atoms with Crippen LogP contribution in [0.4, 0.5) is 4.39 Å². The van der Waals surface area contributed by atoms with E-state index < -0.39 is 0 Å². The molecular weight excluding hydrogens is 201 g/mol. The van der Waals surface area contributed by atoms with Crippen LogP contribution in [0.3, 0.4) is 0 Å². The van der Waals surface area contributed by atoms with Crippen LogP contribution >= 0.6 is 11.6 Å². The summed E-state index contributed by atoms with van der Waals surface area (Å²) in [6.45, 7) is 0. The van der Waals surface area contributed by atoms with Gasteiger partial charge in [-0.15, -0.1) is 0 Å². The summed E-state index contributed by atoms with van der Waals surface area (Å²) in [5, 5.41) is 3.75. The van der Waals surface area contributed by atoms with E-state index in [1.54, 1.807) is 12.1 Å². The van der Waals surface area contributed by atoms with Gasteiger partial charge in [-0.05, 0) is 44.0 Å². The molecule has 1 atom stereocenters. The number of nitrogens with one attached hydrogen (secondary N) is 1. The van der Waals surface area contributed by atoms with Gasteiger partial charge in [0.25, 0.3) is 0 Å². The summed E-state index contributed by atoms with van der Waals surface area (Å²) in [6.07, 6.45) is 2.36. The van der Waals surface area contributed by atoms with E-state index in [1.165, 1.54) is 18.9 Å². The first-order chi connectivity index (χ1) is 6.72. The van der Waals surface area contributed by atoms with Gasteiger partial charge in [0.15, 0.2) is 0 Å². The van der Waals surface area contributed by atoms with Crippen molar-refractivity contribution in [3.8, 4) is 0 Å². The van der Waals surface area contributed by atoms with Crippen molar-refractivity contribution >= 4 is 11.6 Å². The summed E-state index contributed by atoms with van der Waals surface area (Å²) >= 11 is 5.85. The number of hydrogen-bond acceptors (Lipinski definition) is 1. The van der Waals surface area contributed by atoms with Crippen molar-refractivity contribution < 1.29 is 4.39 Å². The van der Waals surface area contributed by atoms with Gasteiger partial charge < -0.3 is 5.32 Å². The number of halogens is 2. The van der Waals surface area contributed by atoms with Gasteiger partial charge >= 0.3 is 0 Å². The maximum atomic E-state index is 13.5. The van der Waals surface area contributed by atoms with E-state index in [1.807, 2.05) is 7.05 Å². The van der Waals surface area contributed by atoms with Crippen molar-refractivity contribution in [1.82, 2.24) is 5.32 Å². The van der Waals surface area contributed by atoms with Crippen molar-refractivity contribution in [2.24, 2.45) is 5.92 Å². The normalized spacial score (nSPS) is 18.2. The smallest absolute Gasteiger partial charge is 0.128 e. The molecule has 2 rings (SSSR count). The first-order valence-corrected chi connectivity index (χ1v) is 5.22. The van der Waals surface area contributed by atoms with Gasteiger partial charge in [0.1, 0.15) is 5.82 Å². The van der Waals surface area contributed by atoms with E-state index in [9.17, 15) is 4.39 Å². The SMILES string of the molecule is CNC(c1cc(Cl)ccc1F)C1CC1. The summed E-state index contributed by atoms with van der Waals surface area (Å²) in [7, 11) is 1.86. The lowest BCUT2D eigenvalue weighted by Crippen LogP contribution is -2.19. The first kappa shape index (κ1) is 9.94. The monoisotopic (exact) mass is 213 g/mol. The minimum Gasteiger partial charge on any atom is -0.313 e. The third kappa shape index (κ3) is 1.91. The zero-order valence-electron chi connectivity index (χ0n) is 8.06. The Morgan fingerprint density at radius 1 is 1.50 bits per heavy atom. The van der Waals surface area contributed by atoms with Crippen LogP contribution in [0.25, 0.3) is 0 Å². The molecule has 1 unspecified atom stereocenters. The van der Waals surface area contributed by atoms with Gasteiger partial charge in [0, 0.05) is 16.6 Å². The Labute approximate surface area is 88.3 Å². The van der Waals surface area contributed by atoms with Crippen molar-refractivity contribution in [2.75, 3.05) is 7.05 Å². The summed E-state index contributed by atoms with van der Waals surface area (Å²) in [5.74, 6) is 0.411. The van der Waals surface area contributed by atoms with Gasteiger partial charge in [-0.1, -0.05) is 11.6 Å². The van der Waals surface area contributed by atoms with E-state index in [0.717, 1.165) is 0 Å². The molecule has 1 aliphatic rings. The second-order valence-corrected chi connectivity index (χ2v) is 4.21. The Hall–Kier alpha value is -0.600. The van der Waals surface area contributed by atoms with E-state index in [2.05, 4.69) is 5.32 Å². The van der Waals surface area contributed by atoms with Crippen LogP contribution in [-0.2, 0) is 0 Å². The van der Waals surface area contributed by atoms with Crippen molar-refractivity contribution in [3.63, 3.8) is 0 Å². The average molecular weight is 214 g/mol. The third-order valence-corrected chi connectivity index (χ3v) is 2.93. The van der Waals surface area contributed by atoms with Crippen LogP contribution in [0.1, 0.15) is 24.4 Å². The van der Waals surface area contributed by atoms with Crippen LogP contribution in [0, 0.1) is 11.7 Å². The molecule has 1 aromatic rings. The zero-order chi connectivity index (χ0) is 10.1. The predicted molar refractivity (Wildman–Crippen MR) is 55.9 cm³/mol. The zero-order valence-corrected chi connectivity index (χ0v) is 8.81. The Morgan fingerprint density at radius 2 is 2.21 bits per heavy atom. The van der Waals surface area contributed by atoms with Gasteiger partial charge in [-0.2, -0.15) is 0 Å². The summed E-state index contributed by atoms with van der Waals surface area (Å²) in [5.41, 5.74) is 0.697. The molecule has 1 N–H and O–H groups in total. The summed E-state index contributed by atoms with van der Waals surface area (Å²) in [4.78, 5) is 0. The van der Waals surface area contributed by atoms with E-state index in [-0.39, 0.29) is 11.9 Å². The molecule has 14 heavy (non-hydrogen) atoms. The number of hydrogen-bond donors (Lipinski definition) is 1. The second-order valence-electron chi connectivity index (χ2n) is 3.77. The van der Waals surface area contributed by atoms with Crippen LogP contribution in [0.15, 0.2) is 18.2 Å². The fourth-order valence-corrected chi connectivity index (χ4v) is 2.01. The molecule has 0 heterocycles. The molecule has 1 nitrogen and oxygen atoms in total. The number of benzene rings is 1. The summed E-state index contributed by atoms with van der Waals surface area (Å²) < 4.78 is 13.5. The second kappa shape index (κ2) is 3.87. The van der Waals surface area contributed by atoms with Crippen molar-refractivity contribution in [1.29, 1.82) is 0 Å². The molecule has 1 fully saturated rings. The highest BCUT2D eigenvalue weighted by atomic mass is 35.5. The molecule has 0 aliphatic heterocycles. The van der Waals surface area contributed by atoms with E-state index in [4.69, 9.17) is 11.6 Å². The Balaban J connectivity index is 2.32. The molecule has 0 spiro atoms. The third-order valence-electron chi connectivity index (χ3n) is 2.70. The van der Waals surface area contributed by atoms with E-state index in [0.29, 0.717) is 16.5 Å². The average Bonchev–Trinajstić information content (AvgIpc) is 2.96. The lowest BCUT2D eigenvalue weighted by Gasteiger charge is -2.16. The molecule has 0 amide bonds. The highest BCUT2D eigenvalue weighted by Gasteiger charge is 2.32. The molecule has 1 aliphatic carbocycles. The van der Waals surface area contributed by atoms with Crippen molar-refractivity contribution in [2.45, 2.75) is 18.9 Å². The van der Waals surface area contributed by atoms with Gasteiger partial charge in [-0.3, -0.25) is 0 Å². The lowest BCUT2D eigenvalue weighted by molar-refractivity contribution is 0.493. The fraction of sp³-hybridized carbons (Fsp3) is 0.455. The Kier molecular flexibility index (Phi) is 2.75.